The summed E-state index contributed by atoms with van der Waals surface area (Å²) in [7, 11) is 0. The number of nitrogens with two attached hydrogens (primary N) is 1. The largest absolute Gasteiger partial charge is 0.481 e. The van der Waals surface area contributed by atoms with Crippen molar-refractivity contribution in [2.24, 2.45) is 11.7 Å². The highest BCUT2D eigenvalue weighted by Gasteiger charge is 2.33. The first-order valence-electron chi connectivity index (χ1n) is 10.2. The minimum absolute atomic E-state index is 0.0584. The molecule has 14 heteroatoms. The first kappa shape index (κ1) is 27.5. The molecular weight excluding hydrogens is 440 g/mol. The van der Waals surface area contributed by atoms with Gasteiger partial charge >= 0.3 is 11.9 Å². The van der Waals surface area contributed by atoms with Crippen molar-refractivity contribution in [2.75, 3.05) is 6.61 Å². The molecule has 14 nitrogen and oxygen atoms in total. The molecule has 0 saturated heterocycles. The summed E-state index contributed by atoms with van der Waals surface area (Å²) in [4.78, 5) is 66.7. The van der Waals surface area contributed by atoms with Crippen molar-refractivity contribution in [3.63, 3.8) is 0 Å². The minimum Gasteiger partial charge on any atom is -0.481 e. The van der Waals surface area contributed by atoms with Crippen LogP contribution in [-0.4, -0.2) is 85.7 Å². The van der Waals surface area contributed by atoms with Gasteiger partial charge in [0.05, 0.1) is 25.4 Å². The van der Waals surface area contributed by atoms with E-state index in [1.807, 2.05) is 0 Å². The van der Waals surface area contributed by atoms with Crippen molar-refractivity contribution in [1.29, 1.82) is 0 Å². The lowest BCUT2D eigenvalue weighted by atomic mass is 9.97. The third-order valence-corrected chi connectivity index (χ3v) is 4.93. The number of nitrogens with zero attached hydrogens (tertiary/aromatic N) is 1. The summed E-state index contributed by atoms with van der Waals surface area (Å²) in [6.45, 7) is 2.47. The Hall–Kier alpha value is -3.52. The number of amides is 3. The number of carboxylic acids is 2. The average Bonchev–Trinajstić information content (AvgIpc) is 3.26. The van der Waals surface area contributed by atoms with Crippen molar-refractivity contribution < 1.29 is 39.3 Å². The molecule has 1 rings (SSSR count). The molecule has 33 heavy (non-hydrogen) atoms. The van der Waals surface area contributed by atoms with E-state index in [0.717, 1.165) is 0 Å². The number of hydrogen-bond acceptors (Lipinski definition) is 8. The number of hydrogen-bond donors (Lipinski definition) is 8. The van der Waals surface area contributed by atoms with Crippen LogP contribution in [0, 0.1) is 5.92 Å². The van der Waals surface area contributed by atoms with Gasteiger partial charge in [-0.05, 0) is 5.92 Å². The molecule has 0 spiro atoms. The summed E-state index contributed by atoms with van der Waals surface area (Å²) in [5, 5.41) is 34.1. The van der Waals surface area contributed by atoms with Gasteiger partial charge in [0.2, 0.25) is 17.7 Å². The molecule has 0 bridgehead atoms. The molecular formula is C19H30N6O8. The summed E-state index contributed by atoms with van der Waals surface area (Å²) in [6.07, 6.45) is 2.54. The number of carboxylic acid groups (broad SMARTS) is 2. The van der Waals surface area contributed by atoms with Gasteiger partial charge in [0.1, 0.15) is 18.1 Å². The van der Waals surface area contributed by atoms with E-state index in [0.29, 0.717) is 12.1 Å². The summed E-state index contributed by atoms with van der Waals surface area (Å²) >= 11 is 0. The normalized spacial score (nSPS) is 15.4. The summed E-state index contributed by atoms with van der Waals surface area (Å²) in [5.41, 5.74) is 6.38. The van der Waals surface area contributed by atoms with E-state index in [2.05, 4.69) is 25.9 Å². The monoisotopic (exact) mass is 470 g/mol. The van der Waals surface area contributed by atoms with Crippen LogP contribution in [0.15, 0.2) is 12.5 Å². The molecule has 0 aromatic carbocycles. The van der Waals surface area contributed by atoms with Crippen molar-refractivity contribution in [2.45, 2.75) is 57.3 Å². The molecule has 1 aromatic rings. The van der Waals surface area contributed by atoms with Gasteiger partial charge in [-0.3, -0.25) is 19.2 Å². The topological polar surface area (TPSA) is 237 Å². The third kappa shape index (κ3) is 8.86. The first-order valence-corrected chi connectivity index (χ1v) is 10.2. The van der Waals surface area contributed by atoms with Crippen LogP contribution >= 0.6 is 0 Å². The number of H-pyrrole nitrogens is 1. The molecule has 0 aliphatic heterocycles. The number of imidazole rings is 1. The summed E-state index contributed by atoms with van der Waals surface area (Å²) in [6, 6.07) is -5.49. The van der Waals surface area contributed by atoms with E-state index in [-0.39, 0.29) is 6.42 Å². The lowest BCUT2D eigenvalue weighted by Crippen LogP contribution is -2.59. The Labute approximate surface area is 189 Å². The quantitative estimate of drug-likeness (QED) is 0.140. The number of nitrogens with one attached hydrogen (secondary N) is 4. The number of aromatic amines is 1. The van der Waals surface area contributed by atoms with Gasteiger partial charge in [-0.25, -0.2) is 9.78 Å². The van der Waals surface area contributed by atoms with Crippen LogP contribution in [0.25, 0.3) is 0 Å². The van der Waals surface area contributed by atoms with E-state index in [1.165, 1.54) is 12.5 Å². The Morgan fingerprint density at radius 1 is 1.06 bits per heavy atom. The lowest BCUT2D eigenvalue weighted by molar-refractivity contribution is -0.144. The zero-order valence-corrected chi connectivity index (χ0v) is 18.3. The van der Waals surface area contributed by atoms with Crippen molar-refractivity contribution >= 4 is 29.7 Å². The molecule has 0 aliphatic carbocycles. The van der Waals surface area contributed by atoms with Gasteiger partial charge in [0.25, 0.3) is 0 Å². The van der Waals surface area contributed by atoms with Gasteiger partial charge in [-0.1, -0.05) is 20.3 Å². The molecule has 5 unspecified atom stereocenters. The second-order valence-electron chi connectivity index (χ2n) is 7.50. The molecule has 184 valence electrons. The predicted molar refractivity (Wildman–Crippen MR) is 112 cm³/mol. The maximum Gasteiger partial charge on any atom is 0.328 e. The molecule has 1 aromatic heterocycles. The second kappa shape index (κ2) is 13.1. The van der Waals surface area contributed by atoms with Crippen LogP contribution < -0.4 is 21.7 Å². The molecule has 0 radical (unpaired) electrons. The van der Waals surface area contributed by atoms with Gasteiger partial charge < -0.3 is 42.0 Å². The van der Waals surface area contributed by atoms with Gasteiger partial charge in [0, 0.05) is 18.3 Å². The van der Waals surface area contributed by atoms with Crippen molar-refractivity contribution in [3.05, 3.63) is 18.2 Å². The highest BCUT2D eigenvalue weighted by Crippen LogP contribution is 2.10. The zero-order chi connectivity index (χ0) is 25.1. The van der Waals surface area contributed by atoms with E-state index in [1.54, 1.807) is 13.8 Å². The highest BCUT2D eigenvalue weighted by molar-refractivity contribution is 5.95. The maximum absolute atomic E-state index is 12.8. The number of aliphatic carboxylic acids is 2. The number of rotatable bonds is 14. The molecule has 3 amide bonds. The van der Waals surface area contributed by atoms with Crippen molar-refractivity contribution in [1.82, 2.24) is 25.9 Å². The Morgan fingerprint density at radius 3 is 2.18 bits per heavy atom. The van der Waals surface area contributed by atoms with Crippen LogP contribution in [0.2, 0.25) is 0 Å². The minimum atomic E-state index is -1.59. The lowest BCUT2D eigenvalue weighted by Gasteiger charge is -2.27. The summed E-state index contributed by atoms with van der Waals surface area (Å²) in [5.74, 6) is -5.96. The summed E-state index contributed by atoms with van der Waals surface area (Å²) < 4.78 is 0. The van der Waals surface area contributed by atoms with Gasteiger partial charge in [-0.15, -0.1) is 0 Å². The molecule has 0 fully saturated rings. The maximum atomic E-state index is 12.8. The fourth-order valence-corrected chi connectivity index (χ4v) is 2.79. The number of aliphatic hydroxyl groups is 1. The van der Waals surface area contributed by atoms with E-state index in [4.69, 9.17) is 21.1 Å². The number of carbonyl (C=O) groups is 5. The fourth-order valence-electron chi connectivity index (χ4n) is 2.79. The van der Waals surface area contributed by atoms with E-state index < -0.39 is 72.8 Å². The average molecular weight is 470 g/mol. The Bertz CT molecular complexity index is 830. The van der Waals surface area contributed by atoms with Crippen LogP contribution in [0.1, 0.15) is 32.4 Å². The Kier molecular flexibility index (Phi) is 10.9. The molecule has 5 atom stereocenters. The molecule has 0 saturated carbocycles. The third-order valence-electron chi connectivity index (χ3n) is 4.93. The van der Waals surface area contributed by atoms with Crippen molar-refractivity contribution in [3.8, 4) is 0 Å². The van der Waals surface area contributed by atoms with Crippen LogP contribution in [0.4, 0.5) is 0 Å². The number of aliphatic hydroxyl groups excluding tert-OH is 1. The van der Waals surface area contributed by atoms with Crippen LogP contribution in [0.3, 0.4) is 0 Å². The Morgan fingerprint density at radius 2 is 1.70 bits per heavy atom. The zero-order valence-electron chi connectivity index (χ0n) is 18.3. The second-order valence-corrected chi connectivity index (χ2v) is 7.50. The molecule has 9 N–H and O–H groups in total. The smallest absolute Gasteiger partial charge is 0.328 e. The number of carbonyl (C=O) groups excluding carboxylic acids is 3. The fraction of sp³-hybridized carbons (Fsp3) is 0.579. The van der Waals surface area contributed by atoms with Crippen LogP contribution in [0.5, 0.6) is 0 Å². The van der Waals surface area contributed by atoms with Gasteiger partial charge in [0.15, 0.2) is 0 Å². The SMILES string of the molecule is CCC(C)C(NC(=O)C(CC(=O)O)NC(=O)C(N)Cc1cnc[nH]1)C(=O)NC(CO)C(=O)O. The molecule has 1 heterocycles. The Balaban J connectivity index is 2.94. The first-order chi connectivity index (χ1) is 15.5. The number of aromatic nitrogens is 2. The van der Waals surface area contributed by atoms with E-state index >= 15 is 0 Å². The van der Waals surface area contributed by atoms with Crippen LogP contribution in [-0.2, 0) is 30.4 Å². The van der Waals surface area contributed by atoms with Gasteiger partial charge in [-0.2, -0.15) is 0 Å². The molecule has 0 aliphatic rings. The standard InChI is InChI=1S/C19H30N6O8/c1-3-9(2)15(18(31)24-13(7-26)19(32)33)25-17(30)12(5-14(27)28)23-16(29)11(20)4-10-6-21-8-22-10/h6,8-9,11-13,15,26H,3-5,7,20H2,1-2H3,(H,21,22)(H,23,29)(H,24,31)(H,25,30)(H,27,28)(H,32,33). The van der Waals surface area contributed by atoms with E-state index in [9.17, 15) is 24.0 Å². The highest BCUT2D eigenvalue weighted by atomic mass is 16.4. The predicted octanol–water partition coefficient (Wildman–Crippen LogP) is -2.67.